The molecule has 1 unspecified atom stereocenters. The lowest BCUT2D eigenvalue weighted by molar-refractivity contribution is -0.143. The quantitative estimate of drug-likeness (QED) is 0.884. The van der Waals surface area contributed by atoms with Crippen molar-refractivity contribution < 1.29 is 14.6 Å². The second-order valence-corrected chi connectivity index (χ2v) is 5.95. The summed E-state index contributed by atoms with van der Waals surface area (Å²) in [6.07, 6.45) is 0.562. The number of halogens is 1. The molecule has 0 fully saturated rings. The zero-order chi connectivity index (χ0) is 13.8. The number of ether oxygens (including phenoxy) is 1. The van der Waals surface area contributed by atoms with E-state index in [-0.39, 0.29) is 12.0 Å². The minimum atomic E-state index is -0.836. The molecule has 1 rings (SSSR count). The van der Waals surface area contributed by atoms with Crippen LogP contribution in [0.3, 0.4) is 0 Å². The van der Waals surface area contributed by atoms with Crippen molar-refractivity contribution in [2.24, 2.45) is 11.3 Å². The van der Waals surface area contributed by atoms with E-state index in [0.717, 1.165) is 0 Å². The Kier molecular flexibility index (Phi) is 5.03. The number of carboxylic acids is 1. The van der Waals surface area contributed by atoms with E-state index in [0.29, 0.717) is 17.2 Å². The summed E-state index contributed by atoms with van der Waals surface area (Å²) in [4.78, 5) is 11.2. The van der Waals surface area contributed by atoms with Crippen molar-refractivity contribution in [2.45, 2.75) is 27.2 Å². The van der Waals surface area contributed by atoms with Crippen molar-refractivity contribution in [2.75, 3.05) is 6.61 Å². The summed E-state index contributed by atoms with van der Waals surface area (Å²) in [5, 5.41) is 9.67. The van der Waals surface area contributed by atoms with Crippen molar-refractivity contribution in [1.82, 2.24) is 0 Å². The highest BCUT2D eigenvalue weighted by molar-refractivity contribution is 6.32. The summed E-state index contributed by atoms with van der Waals surface area (Å²) in [5.41, 5.74) is -0.0487. The number of carboxylic acid groups (broad SMARTS) is 1. The molecule has 0 aliphatic carbocycles. The first-order valence-electron chi connectivity index (χ1n) is 5.90. The summed E-state index contributed by atoms with van der Waals surface area (Å²) in [5.74, 6) is -0.836. The maximum Gasteiger partial charge on any atom is 0.309 e. The van der Waals surface area contributed by atoms with Gasteiger partial charge in [0, 0.05) is 0 Å². The minimum absolute atomic E-state index is 0.0487. The van der Waals surface area contributed by atoms with E-state index in [4.69, 9.17) is 16.3 Å². The summed E-state index contributed by atoms with van der Waals surface area (Å²) in [7, 11) is 0. The van der Waals surface area contributed by atoms with Gasteiger partial charge in [-0.25, -0.2) is 0 Å². The third kappa shape index (κ3) is 4.96. The van der Waals surface area contributed by atoms with Gasteiger partial charge in [0.15, 0.2) is 0 Å². The van der Waals surface area contributed by atoms with Crippen LogP contribution in [0.15, 0.2) is 24.3 Å². The SMILES string of the molecule is CC(C)(C)CC(COc1ccccc1Cl)C(=O)O. The molecule has 0 aliphatic heterocycles. The van der Waals surface area contributed by atoms with Gasteiger partial charge >= 0.3 is 5.97 Å². The maximum absolute atomic E-state index is 11.2. The first-order chi connectivity index (χ1) is 8.29. The van der Waals surface area contributed by atoms with E-state index in [1.807, 2.05) is 20.8 Å². The maximum atomic E-state index is 11.2. The van der Waals surface area contributed by atoms with Crippen LogP contribution >= 0.6 is 11.6 Å². The molecule has 1 atom stereocenters. The first kappa shape index (κ1) is 14.8. The van der Waals surface area contributed by atoms with Crippen LogP contribution in [0.25, 0.3) is 0 Å². The molecule has 0 saturated carbocycles. The van der Waals surface area contributed by atoms with Gasteiger partial charge in [-0.3, -0.25) is 4.79 Å². The molecule has 0 aromatic heterocycles. The Labute approximate surface area is 113 Å². The second-order valence-electron chi connectivity index (χ2n) is 5.54. The summed E-state index contributed by atoms with van der Waals surface area (Å²) in [6.45, 7) is 6.17. The first-order valence-corrected chi connectivity index (χ1v) is 6.27. The monoisotopic (exact) mass is 270 g/mol. The van der Waals surface area contributed by atoms with Gasteiger partial charge in [0.1, 0.15) is 12.4 Å². The van der Waals surface area contributed by atoms with Crippen LogP contribution in [-0.4, -0.2) is 17.7 Å². The highest BCUT2D eigenvalue weighted by atomic mass is 35.5. The second kappa shape index (κ2) is 6.10. The molecule has 0 aliphatic rings. The highest BCUT2D eigenvalue weighted by Gasteiger charge is 2.25. The lowest BCUT2D eigenvalue weighted by Gasteiger charge is -2.23. The van der Waals surface area contributed by atoms with Crippen LogP contribution in [0.4, 0.5) is 0 Å². The van der Waals surface area contributed by atoms with Gasteiger partial charge in [0.05, 0.1) is 10.9 Å². The molecule has 1 aromatic carbocycles. The van der Waals surface area contributed by atoms with Crippen molar-refractivity contribution in [1.29, 1.82) is 0 Å². The molecule has 0 radical (unpaired) electrons. The lowest BCUT2D eigenvalue weighted by atomic mass is 9.85. The topological polar surface area (TPSA) is 46.5 Å². The van der Waals surface area contributed by atoms with Crippen LogP contribution in [0.2, 0.25) is 5.02 Å². The summed E-state index contributed by atoms with van der Waals surface area (Å²) < 4.78 is 5.49. The Morgan fingerprint density at radius 3 is 2.50 bits per heavy atom. The van der Waals surface area contributed by atoms with E-state index < -0.39 is 11.9 Å². The van der Waals surface area contributed by atoms with E-state index in [2.05, 4.69) is 0 Å². The van der Waals surface area contributed by atoms with Gasteiger partial charge in [-0.05, 0) is 24.0 Å². The number of hydrogen-bond donors (Lipinski definition) is 1. The number of aliphatic carboxylic acids is 1. The third-order valence-electron chi connectivity index (χ3n) is 2.48. The molecule has 100 valence electrons. The Bertz CT molecular complexity index is 410. The normalized spacial score (nSPS) is 13.1. The molecule has 0 heterocycles. The average Bonchev–Trinajstić information content (AvgIpc) is 2.24. The zero-order valence-corrected chi connectivity index (χ0v) is 11.7. The molecule has 1 aromatic rings. The highest BCUT2D eigenvalue weighted by Crippen LogP contribution is 2.27. The molecular formula is C14H19ClO3. The van der Waals surface area contributed by atoms with Gasteiger partial charge in [-0.1, -0.05) is 44.5 Å². The number of carbonyl (C=O) groups is 1. The molecule has 18 heavy (non-hydrogen) atoms. The molecule has 0 spiro atoms. The third-order valence-corrected chi connectivity index (χ3v) is 2.80. The van der Waals surface area contributed by atoms with Crippen LogP contribution in [-0.2, 0) is 4.79 Å². The van der Waals surface area contributed by atoms with Crippen molar-refractivity contribution in [3.05, 3.63) is 29.3 Å². The van der Waals surface area contributed by atoms with Gasteiger partial charge < -0.3 is 9.84 Å². The predicted molar refractivity (Wildman–Crippen MR) is 72.1 cm³/mol. The van der Waals surface area contributed by atoms with E-state index in [1.165, 1.54) is 0 Å². The molecule has 0 bridgehead atoms. The largest absolute Gasteiger partial charge is 0.491 e. The molecule has 3 nitrogen and oxygen atoms in total. The Hall–Kier alpha value is -1.22. The average molecular weight is 271 g/mol. The van der Waals surface area contributed by atoms with E-state index >= 15 is 0 Å². The zero-order valence-electron chi connectivity index (χ0n) is 10.9. The standard InChI is InChI=1S/C14H19ClO3/c1-14(2,3)8-10(13(16)17)9-18-12-7-5-4-6-11(12)15/h4-7,10H,8-9H2,1-3H3,(H,16,17). The van der Waals surface area contributed by atoms with Crippen LogP contribution in [0.5, 0.6) is 5.75 Å². The summed E-state index contributed by atoms with van der Waals surface area (Å²) in [6, 6.07) is 7.06. The van der Waals surface area contributed by atoms with Crippen LogP contribution in [0, 0.1) is 11.3 Å². The predicted octanol–water partition coefficient (Wildman–Crippen LogP) is 3.86. The van der Waals surface area contributed by atoms with Crippen LogP contribution in [0.1, 0.15) is 27.2 Å². The summed E-state index contributed by atoms with van der Waals surface area (Å²) >= 11 is 5.95. The smallest absolute Gasteiger partial charge is 0.309 e. The molecule has 0 amide bonds. The number of hydrogen-bond acceptors (Lipinski definition) is 2. The fourth-order valence-corrected chi connectivity index (χ4v) is 1.90. The number of benzene rings is 1. The fraction of sp³-hybridized carbons (Fsp3) is 0.500. The number of para-hydroxylation sites is 1. The van der Waals surface area contributed by atoms with Gasteiger partial charge in [0.2, 0.25) is 0 Å². The molecule has 0 saturated heterocycles. The Morgan fingerprint density at radius 1 is 1.39 bits per heavy atom. The van der Waals surface area contributed by atoms with Crippen molar-refractivity contribution in [3.63, 3.8) is 0 Å². The Morgan fingerprint density at radius 2 is 2.00 bits per heavy atom. The fourth-order valence-electron chi connectivity index (χ4n) is 1.71. The van der Waals surface area contributed by atoms with Crippen molar-refractivity contribution >= 4 is 17.6 Å². The lowest BCUT2D eigenvalue weighted by Crippen LogP contribution is -2.26. The van der Waals surface area contributed by atoms with Crippen molar-refractivity contribution in [3.8, 4) is 5.75 Å². The molecule has 4 heteroatoms. The Balaban J connectivity index is 2.64. The number of rotatable bonds is 5. The van der Waals surface area contributed by atoms with Gasteiger partial charge in [0.25, 0.3) is 0 Å². The van der Waals surface area contributed by atoms with Gasteiger partial charge in [-0.15, -0.1) is 0 Å². The van der Waals surface area contributed by atoms with Crippen LogP contribution < -0.4 is 4.74 Å². The molecular weight excluding hydrogens is 252 g/mol. The van der Waals surface area contributed by atoms with E-state index in [9.17, 15) is 9.90 Å². The minimum Gasteiger partial charge on any atom is -0.491 e. The molecule has 1 N–H and O–H groups in total. The van der Waals surface area contributed by atoms with Gasteiger partial charge in [-0.2, -0.15) is 0 Å². The van der Waals surface area contributed by atoms with E-state index in [1.54, 1.807) is 24.3 Å².